The Hall–Kier alpha value is -2.87. The summed E-state index contributed by atoms with van der Waals surface area (Å²) in [5, 5.41) is 13.6. The normalized spacial score (nSPS) is 14.9. The largest absolute Gasteiger partial charge is 0.487 e. The molecule has 0 radical (unpaired) electrons. The molecule has 1 aliphatic heterocycles. The molecule has 2 heterocycles. The summed E-state index contributed by atoms with van der Waals surface area (Å²) in [6, 6.07) is 9.46. The van der Waals surface area contributed by atoms with Crippen LogP contribution in [0, 0.1) is 5.92 Å². The van der Waals surface area contributed by atoms with Crippen LogP contribution in [-0.4, -0.2) is 65.1 Å². The van der Waals surface area contributed by atoms with E-state index >= 15 is 0 Å². The molecule has 1 aromatic heterocycles. The molecule has 0 atom stereocenters. The number of piperidine rings is 1. The van der Waals surface area contributed by atoms with Gasteiger partial charge >= 0.3 is 5.97 Å². The van der Waals surface area contributed by atoms with Crippen LogP contribution in [0.4, 0.5) is 0 Å². The first-order valence-corrected chi connectivity index (χ1v) is 8.89. The average Bonchev–Trinajstić information content (AvgIpc) is 3.12. The number of carboxylic acid groups (broad SMARTS) is 1. The molecule has 8 heteroatoms. The number of carboxylic acids is 1. The second-order valence-corrected chi connectivity index (χ2v) is 6.37. The van der Waals surface area contributed by atoms with E-state index in [-0.39, 0.29) is 11.6 Å². The van der Waals surface area contributed by atoms with E-state index in [1.54, 1.807) is 22.9 Å². The number of nitrogens with zero attached hydrogens (tertiary/aromatic N) is 3. The van der Waals surface area contributed by atoms with E-state index < -0.39 is 11.9 Å². The van der Waals surface area contributed by atoms with Gasteiger partial charge in [0.15, 0.2) is 11.4 Å². The molecule has 3 rings (SSSR count). The summed E-state index contributed by atoms with van der Waals surface area (Å²) < 4.78 is 12.3. The van der Waals surface area contributed by atoms with Gasteiger partial charge < -0.3 is 19.5 Å². The fraction of sp³-hybridized carbons (Fsp3) is 0.421. The third kappa shape index (κ3) is 4.46. The van der Waals surface area contributed by atoms with Crippen molar-refractivity contribution >= 4 is 11.9 Å². The van der Waals surface area contributed by atoms with Gasteiger partial charge in [-0.15, -0.1) is 0 Å². The predicted octanol–water partition coefficient (Wildman–Crippen LogP) is 1.83. The number of carbonyl (C=O) groups excluding carboxylic acids is 1. The van der Waals surface area contributed by atoms with Crippen molar-refractivity contribution in [1.29, 1.82) is 0 Å². The molecular formula is C19H23N3O5. The van der Waals surface area contributed by atoms with E-state index in [9.17, 15) is 9.59 Å². The highest BCUT2D eigenvalue weighted by atomic mass is 16.5. The van der Waals surface area contributed by atoms with Gasteiger partial charge in [0, 0.05) is 20.2 Å². The molecule has 0 aliphatic carbocycles. The van der Waals surface area contributed by atoms with Gasteiger partial charge in [-0.25, -0.2) is 4.68 Å². The summed E-state index contributed by atoms with van der Waals surface area (Å²) in [4.78, 5) is 25.7. The number of likely N-dealkylation sites (tertiary alicyclic amines) is 1. The van der Waals surface area contributed by atoms with Crippen molar-refractivity contribution in [2.24, 2.45) is 5.92 Å². The third-order valence-electron chi connectivity index (χ3n) is 4.58. The Balaban J connectivity index is 1.80. The Morgan fingerprint density at radius 1 is 1.19 bits per heavy atom. The number of rotatable bonds is 7. The number of amides is 1. The lowest BCUT2D eigenvalue weighted by molar-refractivity contribution is -0.143. The molecule has 0 unspecified atom stereocenters. The number of aromatic nitrogens is 2. The van der Waals surface area contributed by atoms with Gasteiger partial charge in [-0.05, 0) is 25.0 Å². The van der Waals surface area contributed by atoms with Crippen LogP contribution < -0.4 is 4.74 Å². The molecule has 1 saturated heterocycles. The molecule has 1 aromatic carbocycles. The Bertz CT molecular complexity index is 782. The molecule has 0 spiro atoms. The zero-order valence-electron chi connectivity index (χ0n) is 15.2. The second kappa shape index (κ2) is 8.68. The van der Waals surface area contributed by atoms with Gasteiger partial charge in [-0.2, -0.15) is 5.10 Å². The van der Waals surface area contributed by atoms with Gasteiger partial charge in [0.25, 0.3) is 5.91 Å². The van der Waals surface area contributed by atoms with Crippen LogP contribution in [0.5, 0.6) is 5.75 Å². The lowest BCUT2D eigenvalue weighted by Gasteiger charge is -2.29. The minimum Gasteiger partial charge on any atom is -0.487 e. The summed E-state index contributed by atoms with van der Waals surface area (Å²) in [7, 11) is 1.58. The van der Waals surface area contributed by atoms with Crippen molar-refractivity contribution in [3.8, 4) is 11.4 Å². The zero-order valence-corrected chi connectivity index (χ0v) is 15.2. The van der Waals surface area contributed by atoms with Crippen LogP contribution in [0.1, 0.15) is 23.3 Å². The maximum atomic E-state index is 13.0. The van der Waals surface area contributed by atoms with Crippen LogP contribution in [0.15, 0.2) is 36.5 Å². The molecule has 1 aliphatic rings. The summed E-state index contributed by atoms with van der Waals surface area (Å²) in [6.07, 6.45) is 2.57. The number of hydrogen-bond acceptors (Lipinski definition) is 5. The standard InChI is InChI=1S/C19H23N3O5/c1-26-11-12-27-16-13-22(15-5-3-2-4-6-15)20-17(16)18(23)21-9-7-14(8-10-21)19(24)25/h2-6,13-14H,7-12H2,1H3,(H,24,25). The molecular weight excluding hydrogens is 350 g/mol. The topological polar surface area (TPSA) is 93.9 Å². The summed E-state index contributed by atoms with van der Waals surface area (Å²) in [5.74, 6) is -1.06. The highest BCUT2D eigenvalue weighted by molar-refractivity contribution is 5.95. The third-order valence-corrected chi connectivity index (χ3v) is 4.58. The van der Waals surface area contributed by atoms with Crippen LogP contribution in [0.25, 0.3) is 5.69 Å². The van der Waals surface area contributed by atoms with Crippen molar-refractivity contribution in [2.75, 3.05) is 33.4 Å². The monoisotopic (exact) mass is 373 g/mol. The summed E-state index contributed by atoms with van der Waals surface area (Å²) in [5.41, 5.74) is 1.04. The molecule has 8 nitrogen and oxygen atoms in total. The number of para-hydroxylation sites is 1. The summed E-state index contributed by atoms with van der Waals surface area (Å²) in [6.45, 7) is 1.49. The first-order valence-electron chi connectivity index (χ1n) is 8.89. The summed E-state index contributed by atoms with van der Waals surface area (Å²) >= 11 is 0. The molecule has 144 valence electrons. The highest BCUT2D eigenvalue weighted by Crippen LogP contribution is 2.24. The fourth-order valence-corrected chi connectivity index (χ4v) is 3.04. The maximum Gasteiger partial charge on any atom is 0.306 e. The van der Waals surface area contributed by atoms with E-state index in [1.165, 1.54) is 0 Å². The van der Waals surface area contributed by atoms with Crippen LogP contribution in [-0.2, 0) is 9.53 Å². The molecule has 1 fully saturated rings. The van der Waals surface area contributed by atoms with Gasteiger partial charge in [-0.3, -0.25) is 9.59 Å². The molecule has 2 aromatic rings. The number of ether oxygens (including phenoxy) is 2. The number of hydrogen-bond donors (Lipinski definition) is 1. The van der Waals surface area contributed by atoms with E-state index in [4.69, 9.17) is 14.6 Å². The second-order valence-electron chi connectivity index (χ2n) is 6.37. The van der Waals surface area contributed by atoms with Gasteiger partial charge in [0.1, 0.15) is 6.61 Å². The van der Waals surface area contributed by atoms with Gasteiger partial charge in [0.2, 0.25) is 0 Å². The minimum atomic E-state index is -0.806. The quantitative estimate of drug-likeness (QED) is 0.744. The lowest BCUT2D eigenvalue weighted by Crippen LogP contribution is -2.40. The van der Waals surface area contributed by atoms with Crippen molar-refractivity contribution in [3.05, 3.63) is 42.2 Å². The Labute approximate surface area is 157 Å². The first-order chi connectivity index (χ1) is 13.1. The van der Waals surface area contributed by atoms with E-state index in [2.05, 4.69) is 5.10 Å². The SMILES string of the molecule is COCCOc1cn(-c2ccccc2)nc1C(=O)N1CCC(C(=O)O)CC1. The van der Waals surface area contributed by atoms with Crippen molar-refractivity contribution in [2.45, 2.75) is 12.8 Å². The van der Waals surface area contributed by atoms with E-state index in [1.807, 2.05) is 30.3 Å². The Kier molecular flexibility index (Phi) is 6.08. The smallest absolute Gasteiger partial charge is 0.306 e. The van der Waals surface area contributed by atoms with E-state index in [0.29, 0.717) is 44.9 Å². The number of methoxy groups -OCH3 is 1. The molecule has 0 saturated carbocycles. The number of benzene rings is 1. The zero-order chi connectivity index (χ0) is 19.2. The highest BCUT2D eigenvalue weighted by Gasteiger charge is 2.30. The minimum absolute atomic E-state index is 0.226. The molecule has 0 bridgehead atoms. The average molecular weight is 373 g/mol. The van der Waals surface area contributed by atoms with E-state index in [0.717, 1.165) is 5.69 Å². The van der Waals surface area contributed by atoms with Gasteiger partial charge in [-0.1, -0.05) is 18.2 Å². The molecule has 1 N–H and O–H groups in total. The first kappa shape index (κ1) is 18.9. The molecule has 27 heavy (non-hydrogen) atoms. The van der Waals surface area contributed by atoms with Crippen molar-refractivity contribution in [1.82, 2.24) is 14.7 Å². The van der Waals surface area contributed by atoms with Gasteiger partial charge in [0.05, 0.1) is 24.4 Å². The Morgan fingerprint density at radius 3 is 2.52 bits per heavy atom. The number of carbonyl (C=O) groups is 2. The maximum absolute atomic E-state index is 13.0. The van der Waals surface area contributed by atoms with Crippen LogP contribution >= 0.6 is 0 Å². The van der Waals surface area contributed by atoms with Crippen LogP contribution in [0.2, 0.25) is 0 Å². The lowest BCUT2D eigenvalue weighted by atomic mass is 9.97. The molecule has 1 amide bonds. The van der Waals surface area contributed by atoms with Crippen molar-refractivity contribution < 1.29 is 24.2 Å². The fourth-order valence-electron chi connectivity index (χ4n) is 3.04. The predicted molar refractivity (Wildman–Crippen MR) is 97.2 cm³/mol. The number of aliphatic carboxylic acids is 1. The Morgan fingerprint density at radius 2 is 1.89 bits per heavy atom. The van der Waals surface area contributed by atoms with Crippen molar-refractivity contribution in [3.63, 3.8) is 0 Å². The van der Waals surface area contributed by atoms with Crippen LogP contribution in [0.3, 0.4) is 0 Å².